The predicted octanol–water partition coefficient (Wildman–Crippen LogP) is 6.85. The topological polar surface area (TPSA) is 63.3 Å². The van der Waals surface area contributed by atoms with Gasteiger partial charge in [-0.05, 0) is 79.3 Å². The van der Waals surface area contributed by atoms with Gasteiger partial charge in [-0.25, -0.2) is 0 Å². The first-order valence-corrected chi connectivity index (χ1v) is 12.6. The molecule has 1 saturated heterocycles. The molecule has 34 heavy (non-hydrogen) atoms. The SMILES string of the molecule is C=C(Nc1ccc2c(c1)cc(-c1ccc([N+](=O)[O-])cc1)n2CCN1CCCCC1)c1cccs1. The minimum atomic E-state index is -0.353. The second-order valence-corrected chi connectivity index (χ2v) is 9.69. The van der Waals surface area contributed by atoms with E-state index >= 15 is 0 Å². The van der Waals surface area contributed by atoms with E-state index in [4.69, 9.17) is 0 Å². The number of likely N-dealkylation sites (tertiary alicyclic amines) is 1. The van der Waals surface area contributed by atoms with Crippen molar-refractivity contribution in [3.05, 3.63) is 87.6 Å². The molecule has 6 nitrogen and oxygen atoms in total. The van der Waals surface area contributed by atoms with Crippen molar-refractivity contribution in [2.24, 2.45) is 0 Å². The number of benzene rings is 2. The van der Waals surface area contributed by atoms with E-state index < -0.39 is 0 Å². The quantitative estimate of drug-likeness (QED) is 0.225. The molecule has 0 saturated carbocycles. The van der Waals surface area contributed by atoms with Gasteiger partial charge in [-0.2, -0.15) is 0 Å². The lowest BCUT2D eigenvalue weighted by Gasteiger charge is -2.27. The minimum Gasteiger partial charge on any atom is -0.355 e. The van der Waals surface area contributed by atoms with Gasteiger partial charge in [0, 0.05) is 58.1 Å². The number of nitrogens with one attached hydrogen (secondary N) is 1. The number of non-ortho nitro benzene ring substituents is 1. The molecule has 3 heterocycles. The number of thiophene rings is 1. The highest BCUT2D eigenvalue weighted by Gasteiger charge is 2.16. The zero-order valence-corrected chi connectivity index (χ0v) is 19.9. The molecule has 0 atom stereocenters. The van der Waals surface area contributed by atoms with Crippen LogP contribution in [-0.2, 0) is 6.54 Å². The number of rotatable bonds is 8. The maximum absolute atomic E-state index is 11.1. The molecular formula is C27H28N4O2S. The standard InChI is InChI=1S/C27H28N4O2S/c1-20(27-6-5-17-34-27)28-23-9-12-25-22(18-23)19-26(21-7-10-24(11-8-21)31(32)33)30(25)16-15-29-13-3-2-4-14-29/h5-12,17-19,28H,1-4,13-16H2. The number of aromatic nitrogens is 1. The van der Waals surface area contributed by atoms with Crippen LogP contribution in [0.4, 0.5) is 11.4 Å². The molecule has 1 fully saturated rings. The summed E-state index contributed by atoms with van der Waals surface area (Å²) in [6.45, 7) is 8.37. The smallest absolute Gasteiger partial charge is 0.269 e. The Bertz CT molecular complexity index is 1300. The van der Waals surface area contributed by atoms with Crippen LogP contribution in [0.25, 0.3) is 27.9 Å². The molecular weight excluding hydrogens is 444 g/mol. The van der Waals surface area contributed by atoms with E-state index in [9.17, 15) is 10.1 Å². The predicted molar refractivity (Wildman–Crippen MR) is 141 cm³/mol. The minimum absolute atomic E-state index is 0.110. The first kappa shape index (κ1) is 22.4. The fourth-order valence-corrected chi connectivity index (χ4v) is 5.35. The highest BCUT2D eigenvalue weighted by Crippen LogP contribution is 2.32. The van der Waals surface area contributed by atoms with Crippen LogP contribution in [-0.4, -0.2) is 34.0 Å². The number of nitro groups is 1. The van der Waals surface area contributed by atoms with Crippen molar-refractivity contribution in [3.63, 3.8) is 0 Å². The normalized spacial score (nSPS) is 14.4. The lowest BCUT2D eigenvalue weighted by molar-refractivity contribution is -0.384. The van der Waals surface area contributed by atoms with Crippen LogP contribution in [0.2, 0.25) is 0 Å². The van der Waals surface area contributed by atoms with Gasteiger partial charge in [-0.15, -0.1) is 11.3 Å². The van der Waals surface area contributed by atoms with Crippen molar-refractivity contribution in [2.45, 2.75) is 25.8 Å². The first-order valence-electron chi connectivity index (χ1n) is 11.7. The van der Waals surface area contributed by atoms with Crippen LogP contribution in [0.15, 0.2) is 72.6 Å². The molecule has 0 bridgehead atoms. The monoisotopic (exact) mass is 472 g/mol. The Morgan fingerprint density at radius 3 is 2.53 bits per heavy atom. The van der Waals surface area contributed by atoms with Crippen LogP contribution in [0.5, 0.6) is 0 Å². The molecule has 7 heteroatoms. The third-order valence-electron chi connectivity index (χ3n) is 6.48. The summed E-state index contributed by atoms with van der Waals surface area (Å²) in [4.78, 5) is 14.4. The average molecular weight is 473 g/mol. The van der Waals surface area contributed by atoms with Gasteiger partial charge in [0.25, 0.3) is 5.69 Å². The number of anilines is 1. The molecule has 1 aliphatic heterocycles. The summed E-state index contributed by atoms with van der Waals surface area (Å²) < 4.78 is 2.35. The second-order valence-electron chi connectivity index (χ2n) is 8.74. The van der Waals surface area contributed by atoms with Gasteiger partial charge in [0.1, 0.15) is 0 Å². The van der Waals surface area contributed by atoms with E-state index in [1.54, 1.807) is 23.5 Å². The van der Waals surface area contributed by atoms with Gasteiger partial charge in [0.15, 0.2) is 0 Å². The van der Waals surface area contributed by atoms with E-state index in [0.717, 1.165) is 64.6 Å². The number of hydrogen-bond acceptors (Lipinski definition) is 5. The lowest BCUT2D eigenvalue weighted by atomic mass is 10.1. The summed E-state index contributed by atoms with van der Waals surface area (Å²) in [5.41, 5.74) is 5.22. The Balaban J connectivity index is 1.48. The van der Waals surface area contributed by atoms with Crippen LogP contribution in [0.3, 0.4) is 0 Å². The molecule has 0 aliphatic carbocycles. The highest BCUT2D eigenvalue weighted by atomic mass is 32.1. The Kier molecular flexibility index (Phi) is 6.47. The number of nitro benzene ring substituents is 1. The lowest BCUT2D eigenvalue weighted by Crippen LogP contribution is -2.32. The van der Waals surface area contributed by atoms with Crippen LogP contribution in [0.1, 0.15) is 24.1 Å². The van der Waals surface area contributed by atoms with Gasteiger partial charge in [0.05, 0.1) is 4.92 Å². The third-order valence-corrected chi connectivity index (χ3v) is 7.41. The number of piperidine rings is 1. The van der Waals surface area contributed by atoms with E-state index in [1.165, 1.54) is 19.3 Å². The van der Waals surface area contributed by atoms with Crippen LogP contribution >= 0.6 is 11.3 Å². The maximum Gasteiger partial charge on any atom is 0.269 e. The van der Waals surface area contributed by atoms with Crippen molar-refractivity contribution >= 4 is 39.3 Å². The molecule has 5 rings (SSSR count). The first-order chi connectivity index (χ1) is 16.6. The molecule has 174 valence electrons. The number of nitrogens with zero attached hydrogens (tertiary/aromatic N) is 3. The van der Waals surface area contributed by atoms with E-state index in [2.05, 4.69) is 51.7 Å². The fraction of sp³-hybridized carbons (Fsp3) is 0.259. The maximum atomic E-state index is 11.1. The molecule has 1 N–H and O–H groups in total. The van der Waals surface area contributed by atoms with Gasteiger partial charge in [-0.3, -0.25) is 10.1 Å². The summed E-state index contributed by atoms with van der Waals surface area (Å²) in [5, 5.41) is 17.7. The Labute approximate surface area is 203 Å². The Morgan fingerprint density at radius 1 is 1.03 bits per heavy atom. The van der Waals surface area contributed by atoms with Crippen molar-refractivity contribution < 1.29 is 4.92 Å². The Morgan fingerprint density at radius 2 is 1.82 bits per heavy atom. The molecule has 4 aromatic rings. The summed E-state index contributed by atoms with van der Waals surface area (Å²) >= 11 is 1.66. The zero-order valence-electron chi connectivity index (χ0n) is 19.1. The largest absolute Gasteiger partial charge is 0.355 e. The third kappa shape index (κ3) is 4.76. The summed E-state index contributed by atoms with van der Waals surface area (Å²) in [6, 6.07) is 19.5. The van der Waals surface area contributed by atoms with E-state index in [1.807, 2.05) is 23.6 Å². The summed E-state index contributed by atoms with van der Waals surface area (Å²) in [7, 11) is 0. The second kappa shape index (κ2) is 9.83. The van der Waals surface area contributed by atoms with Crippen molar-refractivity contribution in [1.29, 1.82) is 0 Å². The number of fused-ring (bicyclic) bond motifs is 1. The van der Waals surface area contributed by atoms with Crippen LogP contribution < -0.4 is 5.32 Å². The van der Waals surface area contributed by atoms with Gasteiger partial charge >= 0.3 is 0 Å². The van der Waals surface area contributed by atoms with E-state index in [-0.39, 0.29) is 10.6 Å². The highest BCUT2D eigenvalue weighted by molar-refractivity contribution is 7.11. The van der Waals surface area contributed by atoms with Crippen molar-refractivity contribution in [1.82, 2.24) is 9.47 Å². The molecule has 0 unspecified atom stereocenters. The average Bonchev–Trinajstić information content (AvgIpc) is 3.52. The zero-order chi connectivity index (χ0) is 23.5. The van der Waals surface area contributed by atoms with Crippen molar-refractivity contribution in [3.8, 4) is 11.3 Å². The molecule has 0 amide bonds. The van der Waals surface area contributed by atoms with E-state index in [0.29, 0.717) is 0 Å². The van der Waals surface area contributed by atoms with Gasteiger partial charge < -0.3 is 14.8 Å². The summed E-state index contributed by atoms with van der Waals surface area (Å²) in [5.74, 6) is 0. The van der Waals surface area contributed by atoms with Crippen molar-refractivity contribution in [2.75, 3.05) is 25.0 Å². The summed E-state index contributed by atoms with van der Waals surface area (Å²) in [6.07, 6.45) is 3.86. The molecule has 0 radical (unpaired) electrons. The van der Waals surface area contributed by atoms with Gasteiger partial charge in [-0.1, -0.05) is 19.1 Å². The van der Waals surface area contributed by atoms with Crippen LogP contribution in [0, 0.1) is 10.1 Å². The number of hydrogen-bond donors (Lipinski definition) is 1. The fourth-order valence-electron chi connectivity index (χ4n) is 4.69. The molecule has 2 aromatic heterocycles. The molecule has 1 aliphatic rings. The Hall–Kier alpha value is -3.42. The molecule has 2 aromatic carbocycles. The molecule has 0 spiro atoms. The van der Waals surface area contributed by atoms with Gasteiger partial charge in [0.2, 0.25) is 0 Å².